The number of carbonyl (C=O) groups excluding carboxylic acids is 1. The fourth-order valence-electron chi connectivity index (χ4n) is 2.17. The van der Waals surface area contributed by atoms with Gasteiger partial charge < -0.3 is 0 Å². The molecule has 0 aromatic rings. The molecule has 1 atom stereocenters. The van der Waals surface area contributed by atoms with Gasteiger partial charge in [0.25, 0.3) is 5.91 Å². The second kappa shape index (κ2) is 6.05. The highest BCUT2D eigenvalue weighted by Gasteiger charge is 2.59. The first kappa shape index (κ1) is 17.5. The lowest BCUT2D eigenvalue weighted by molar-refractivity contribution is -0.179. The monoisotopic (exact) mass is 320 g/mol. The predicted octanol–water partition coefficient (Wildman–Crippen LogP) is 4.03. The molecule has 1 aliphatic heterocycles. The third-order valence-electron chi connectivity index (χ3n) is 3.10. The Morgan fingerprint density at radius 3 is 2.43 bits per heavy atom. The van der Waals surface area contributed by atoms with Gasteiger partial charge in [0, 0.05) is 5.57 Å². The van der Waals surface area contributed by atoms with Crippen LogP contribution in [0.2, 0.25) is 0 Å². The van der Waals surface area contributed by atoms with Gasteiger partial charge in [0.15, 0.2) is 0 Å². The lowest BCUT2D eigenvalue weighted by atomic mass is 9.88. The summed E-state index contributed by atoms with van der Waals surface area (Å²) in [4.78, 5) is 12.4. The Morgan fingerprint density at radius 1 is 1.48 bits per heavy atom. The maximum absolute atomic E-state index is 13.1. The first-order valence-corrected chi connectivity index (χ1v) is 6.55. The molecule has 0 saturated heterocycles. The van der Waals surface area contributed by atoms with E-state index in [2.05, 4.69) is 11.7 Å². The highest BCUT2D eigenvalue weighted by molar-refractivity contribution is 6.66. The summed E-state index contributed by atoms with van der Waals surface area (Å²) in [5, 5.41) is 3.75. The summed E-state index contributed by atoms with van der Waals surface area (Å²) in [5.41, 5.74) is -1.43. The van der Waals surface area contributed by atoms with Gasteiger partial charge >= 0.3 is 6.18 Å². The van der Waals surface area contributed by atoms with E-state index in [4.69, 9.17) is 11.6 Å². The summed E-state index contributed by atoms with van der Waals surface area (Å²) in [5.74, 6) is -2.67. The lowest BCUT2D eigenvalue weighted by Gasteiger charge is -2.34. The highest BCUT2D eigenvalue weighted by atomic mass is 35.5. The number of halogens is 4. The Labute approximate surface area is 126 Å². The van der Waals surface area contributed by atoms with E-state index >= 15 is 0 Å². The Balaban J connectivity index is 3.24. The predicted molar refractivity (Wildman–Crippen MR) is 76.9 cm³/mol. The summed E-state index contributed by atoms with van der Waals surface area (Å²) in [6.45, 7) is 7.72. The summed E-state index contributed by atoms with van der Waals surface area (Å²) in [6, 6.07) is 0. The molecule has 0 bridgehead atoms. The minimum absolute atomic E-state index is 0.177. The van der Waals surface area contributed by atoms with E-state index in [1.807, 2.05) is 0 Å². The van der Waals surface area contributed by atoms with Crippen molar-refractivity contribution >= 4 is 22.7 Å². The molecule has 1 unspecified atom stereocenters. The van der Waals surface area contributed by atoms with Crippen molar-refractivity contribution in [3.05, 3.63) is 36.5 Å². The standard InChI is InChI=1S/C14H16ClF3N2O/c1-5-7-9(8-6-2)12(21)20-13(3,4)10(11(15)19-20)14(16,17)18/h5-8,10H,1H2,2-4H3/b8-6-,9-7+. The van der Waals surface area contributed by atoms with Gasteiger partial charge in [0.2, 0.25) is 0 Å². The fourth-order valence-corrected chi connectivity index (χ4v) is 2.63. The van der Waals surface area contributed by atoms with Crippen LogP contribution in [0.25, 0.3) is 0 Å². The average molecular weight is 321 g/mol. The number of nitrogens with zero attached hydrogens (tertiary/aromatic N) is 2. The van der Waals surface area contributed by atoms with Gasteiger partial charge in [0.1, 0.15) is 11.1 Å². The number of hydrazone groups is 1. The fraction of sp³-hybridized carbons (Fsp3) is 0.429. The number of hydrogen-bond acceptors (Lipinski definition) is 2. The van der Waals surface area contributed by atoms with E-state index in [0.717, 1.165) is 5.01 Å². The van der Waals surface area contributed by atoms with Gasteiger partial charge in [-0.1, -0.05) is 36.4 Å². The third-order valence-corrected chi connectivity index (χ3v) is 3.39. The third kappa shape index (κ3) is 3.37. The van der Waals surface area contributed by atoms with Crippen molar-refractivity contribution in [2.75, 3.05) is 0 Å². The van der Waals surface area contributed by atoms with Gasteiger partial charge in [0.05, 0.1) is 5.54 Å². The second-order valence-corrected chi connectivity index (χ2v) is 5.41. The van der Waals surface area contributed by atoms with Crippen molar-refractivity contribution in [1.82, 2.24) is 5.01 Å². The summed E-state index contributed by atoms with van der Waals surface area (Å²) in [7, 11) is 0. The average Bonchev–Trinajstić information content (AvgIpc) is 2.57. The van der Waals surface area contributed by atoms with Crippen molar-refractivity contribution in [2.24, 2.45) is 11.0 Å². The van der Waals surface area contributed by atoms with E-state index in [-0.39, 0.29) is 5.57 Å². The summed E-state index contributed by atoms with van der Waals surface area (Å²) >= 11 is 5.62. The van der Waals surface area contributed by atoms with Gasteiger partial charge in [-0.05, 0) is 26.8 Å². The first-order valence-electron chi connectivity index (χ1n) is 6.18. The number of amides is 1. The van der Waals surface area contributed by atoms with Crippen LogP contribution in [0.4, 0.5) is 13.2 Å². The van der Waals surface area contributed by atoms with Gasteiger partial charge in [-0.2, -0.15) is 18.3 Å². The van der Waals surface area contributed by atoms with Crippen LogP contribution < -0.4 is 0 Å². The Morgan fingerprint density at radius 2 is 2.05 bits per heavy atom. The largest absolute Gasteiger partial charge is 0.400 e. The molecule has 0 radical (unpaired) electrons. The minimum Gasteiger partial charge on any atom is -0.267 e. The van der Waals surface area contributed by atoms with Gasteiger partial charge in [-0.25, -0.2) is 5.01 Å². The molecule has 0 N–H and O–H groups in total. The Kier molecular flexibility index (Phi) is 5.04. The number of hydrogen-bond donors (Lipinski definition) is 0. The minimum atomic E-state index is -4.58. The van der Waals surface area contributed by atoms with Crippen LogP contribution in [0, 0.1) is 5.92 Å². The molecule has 116 valence electrons. The molecule has 3 nitrogen and oxygen atoms in total. The molecular weight excluding hydrogens is 305 g/mol. The van der Waals surface area contributed by atoms with Gasteiger partial charge in [-0.3, -0.25) is 4.79 Å². The normalized spacial score (nSPS) is 22.6. The number of carbonyl (C=O) groups is 1. The van der Waals surface area contributed by atoms with Crippen LogP contribution in [0.5, 0.6) is 0 Å². The Hall–Kier alpha value is -1.56. The molecule has 0 aromatic carbocycles. The van der Waals surface area contributed by atoms with E-state index in [0.29, 0.717) is 0 Å². The molecule has 0 aromatic heterocycles. The highest BCUT2D eigenvalue weighted by Crippen LogP contribution is 2.44. The van der Waals surface area contributed by atoms with Crippen LogP contribution >= 0.6 is 11.6 Å². The van der Waals surface area contributed by atoms with Crippen molar-refractivity contribution < 1.29 is 18.0 Å². The van der Waals surface area contributed by atoms with E-state index in [1.54, 1.807) is 13.0 Å². The summed E-state index contributed by atoms with van der Waals surface area (Å²) in [6.07, 6.45) is 1.28. The molecule has 1 amide bonds. The molecule has 7 heteroatoms. The SMILES string of the molecule is C=C/C=C(\C=C/C)C(=O)N1N=C(Cl)C(C(F)(F)F)C1(C)C. The van der Waals surface area contributed by atoms with Gasteiger partial charge in [-0.15, -0.1) is 0 Å². The quantitative estimate of drug-likeness (QED) is 0.571. The van der Waals surface area contributed by atoms with Crippen LogP contribution in [-0.2, 0) is 4.79 Å². The smallest absolute Gasteiger partial charge is 0.267 e. The topological polar surface area (TPSA) is 32.7 Å². The zero-order valence-electron chi connectivity index (χ0n) is 11.9. The van der Waals surface area contributed by atoms with Crippen molar-refractivity contribution in [2.45, 2.75) is 32.5 Å². The maximum atomic E-state index is 13.1. The molecule has 0 spiro atoms. The Bertz CT molecular complexity index is 533. The lowest BCUT2D eigenvalue weighted by Crippen LogP contribution is -2.51. The van der Waals surface area contributed by atoms with Crippen LogP contribution in [0.15, 0.2) is 41.6 Å². The number of alkyl halides is 3. The zero-order valence-corrected chi connectivity index (χ0v) is 12.7. The molecule has 0 aliphatic carbocycles. The van der Waals surface area contributed by atoms with E-state index < -0.39 is 28.7 Å². The molecule has 1 rings (SSSR count). The first-order chi connectivity index (χ1) is 9.57. The van der Waals surface area contributed by atoms with Crippen LogP contribution in [-0.4, -0.2) is 27.8 Å². The van der Waals surface area contributed by atoms with Crippen molar-refractivity contribution in [3.8, 4) is 0 Å². The van der Waals surface area contributed by atoms with E-state index in [9.17, 15) is 18.0 Å². The maximum Gasteiger partial charge on any atom is 0.400 e. The van der Waals surface area contributed by atoms with E-state index in [1.165, 1.54) is 32.1 Å². The zero-order chi connectivity index (χ0) is 16.4. The van der Waals surface area contributed by atoms with Crippen LogP contribution in [0.3, 0.4) is 0 Å². The van der Waals surface area contributed by atoms with Crippen molar-refractivity contribution in [1.29, 1.82) is 0 Å². The molecule has 21 heavy (non-hydrogen) atoms. The number of allylic oxidation sites excluding steroid dienone is 3. The second-order valence-electron chi connectivity index (χ2n) is 5.03. The molecule has 1 aliphatic rings. The molecule has 0 fully saturated rings. The molecular formula is C14H16ClF3N2O. The number of rotatable bonds is 3. The van der Waals surface area contributed by atoms with Crippen molar-refractivity contribution in [3.63, 3.8) is 0 Å². The summed E-state index contributed by atoms with van der Waals surface area (Å²) < 4.78 is 39.3. The van der Waals surface area contributed by atoms with Crippen LogP contribution in [0.1, 0.15) is 20.8 Å². The molecule has 0 saturated carbocycles. The molecule has 1 heterocycles.